The van der Waals surface area contributed by atoms with Crippen LogP contribution in [-0.4, -0.2) is 165 Å². The number of aliphatic hydroxyl groups is 5. The fraction of sp³-hybridized carbons (Fsp3) is 0.976. The van der Waals surface area contributed by atoms with Crippen molar-refractivity contribution in [2.75, 3.05) is 27.7 Å². The number of rotatable bonds is 7. The highest BCUT2D eigenvalue weighted by molar-refractivity contribution is 5.73. The molecule has 0 aromatic rings. The number of esters is 1. The van der Waals surface area contributed by atoms with E-state index in [1.165, 1.54) is 14.0 Å². The van der Waals surface area contributed by atoms with Crippen molar-refractivity contribution >= 4 is 5.97 Å². The maximum atomic E-state index is 14.3. The summed E-state index contributed by atoms with van der Waals surface area (Å²) in [6.45, 7) is 24.3. The smallest absolute Gasteiger partial charge is 0.311 e. The molecular formula is C41H78N2O12. The van der Waals surface area contributed by atoms with Crippen molar-refractivity contribution in [1.82, 2.24) is 9.80 Å². The molecule has 0 spiro atoms. The van der Waals surface area contributed by atoms with Gasteiger partial charge in [-0.25, -0.2) is 0 Å². The van der Waals surface area contributed by atoms with E-state index < -0.39 is 96.0 Å². The third-order valence-electron chi connectivity index (χ3n) is 13.1. The van der Waals surface area contributed by atoms with Crippen molar-refractivity contribution in [3.8, 4) is 0 Å². The molecule has 0 aromatic carbocycles. The van der Waals surface area contributed by atoms with Crippen LogP contribution in [0.1, 0.15) is 116 Å². The third-order valence-corrected chi connectivity index (χ3v) is 13.1. The molecule has 5 N–H and O–H groups in total. The summed E-state index contributed by atoms with van der Waals surface area (Å²) >= 11 is 0. The van der Waals surface area contributed by atoms with Crippen LogP contribution in [0.25, 0.3) is 0 Å². The van der Waals surface area contributed by atoms with Crippen molar-refractivity contribution in [2.24, 2.45) is 17.8 Å². The molecule has 0 saturated carbocycles. The second kappa shape index (κ2) is 18.5. The van der Waals surface area contributed by atoms with Crippen molar-refractivity contribution in [1.29, 1.82) is 0 Å². The molecular weight excluding hydrogens is 712 g/mol. The number of carbonyl (C=O) groups excluding carboxylic acids is 1. The minimum atomic E-state index is -1.80. The zero-order valence-electron chi connectivity index (χ0n) is 36.7. The molecule has 3 heterocycles. The summed E-state index contributed by atoms with van der Waals surface area (Å²) in [5.74, 6) is -2.62. The van der Waals surface area contributed by atoms with Crippen LogP contribution in [0.5, 0.6) is 0 Å². The Hall–Kier alpha value is -1.01. The highest BCUT2D eigenvalue weighted by Gasteiger charge is 2.53. The van der Waals surface area contributed by atoms with E-state index in [0.29, 0.717) is 13.0 Å². The lowest BCUT2D eigenvalue weighted by Gasteiger charge is -2.50. The lowest BCUT2D eigenvalue weighted by molar-refractivity contribution is -0.319. The van der Waals surface area contributed by atoms with Gasteiger partial charge in [0.2, 0.25) is 0 Å². The molecule has 3 aliphatic heterocycles. The van der Waals surface area contributed by atoms with Crippen LogP contribution < -0.4 is 0 Å². The summed E-state index contributed by atoms with van der Waals surface area (Å²) in [6, 6.07) is -0.855. The predicted octanol–water partition coefficient (Wildman–Crippen LogP) is 3.07. The lowest BCUT2D eigenvalue weighted by atomic mass is 9.77. The summed E-state index contributed by atoms with van der Waals surface area (Å²) < 4.78 is 37.9. The van der Waals surface area contributed by atoms with Gasteiger partial charge in [0.1, 0.15) is 30.0 Å². The summed E-state index contributed by atoms with van der Waals surface area (Å²) in [7, 11) is 5.33. The maximum absolute atomic E-state index is 14.3. The molecule has 0 radical (unpaired) electrons. The number of aliphatic hydroxyl groups excluding tert-OH is 3. The number of nitrogens with zero attached hydrogens (tertiary/aromatic N) is 2. The van der Waals surface area contributed by atoms with E-state index in [4.69, 9.17) is 28.4 Å². The molecule has 18 atom stereocenters. The highest BCUT2D eigenvalue weighted by Crippen LogP contribution is 2.40. The number of cyclic esters (lactones) is 1. The second-order valence-electron chi connectivity index (χ2n) is 19.0. The fourth-order valence-electron chi connectivity index (χ4n) is 9.11. The van der Waals surface area contributed by atoms with Gasteiger partial charge in [-0.15, -0.1) is 0 Å². The average Bonchev–Trinajstić information content (AvgIpc) is 3.08. The van der Waals surface area contributed by atoms with E-state index in [-0.39, 0.29) is 42.9 Å². The molecule has 0 aromatic heterocycles. The van der Waals surface area contributed by atoms with Gasteiger partial charge in [-0.3, -0.25) is 9.69 Å². The predicted molar refractivity (Wildman–Crippen MR) is 208 cm³/mol. The topological polar surface area (TPSA) is 180 Å². The average molecular weight is 791 g/mol. The maximum Gasteiger partial charge on any atom is 0.311 e. The Kier molecular flexibility index (Phi) is 16.3. The van der Waals surface area contributed by atoms with Gasteiger partial charge < -0.3 is 58.9 Å². The van der Waals surface area contributed by atoms with E-state index >= 15 is 0 Å². The zero-order chi connectivity index (χ0) is 42.2. The Morgan fingerprint density at radius 2 is 1.55 bits per heavy atom. The molecule has 0 amide bonds. The number of methoxy groups -OCH3 is 1. The third kappa shape index (κ3) is 11.0. The van der Waals surface area contributed by atoms with Crippen molar-refractivity contribution in [2.45, 2.75) is 212 Å². The SMILES string of the molecule is CC[C@H]1OC(=O)[C@H](C)[C@@H](O[C@H]2C[C@@](C)(OC)[C@@H](O)[C@H](C)O2)[C@H](C)[C@@H](O[C@@H]2O[C@H](C)C[C@H](N(C)C(C)(C)C)[C@H]2O)[C@](C)(O)C[C@@H](C)CN(C)[C@H](C)[C@@H](O)[C@]1(C)O. The van der Waals surface area contributed by atoms with Crippen LogP contribution in [0.15, 0.2) is 0 Å². The van der Waals surface area contributed by atoms with Gasteiger partial charge in [-0.05, 0) is 109 Å². The van der Waals surface area contributed by atoms with E-state index in [2.05, 4.69) is 25.7 Å². The van der Waals surface area contributed by atoms with Crippen LogP contribution in [0.4, 0.5) is 0 Å². The fourth-order valence-corrected chi connectivity index (χ4v) is 9.11. The first-order valence-electron chi connectivity index (χ1n) is 20.4. The Balaban J connectivity index is 2.19. The van der Waals surface area contributed by atoms with E-state index in [1.807, 2.05) is 39.8 Å². The van der Waals surface area contributed by atoms with Gasteiger partial charge in [0.05, 0.1) is 41.5 Å². The van der Waals surface area contributed by atoms with Gasteiger partial charge in [-0.1, -0.05) is 20.8 Å². The monoisotopic (exact) mass is 791 g/mol. The Bertz CT molecular complexity index is 1230. The Morgan fingerprint density at radius 3 is 2.09 bits per heavy atom. The minimum absolute atomic E-state index is 0.129. The lowest BCUT2D eigenvalue weighted by Crippen LogP contribution is -2.62. The molecule has 14 heteroatoms. The first kappa shape index (κ1) is 48.4. The molecule has 3 saturated heterocycles. The Labute approximate surface area is 331 Å². The second-order valence-corrected chi connectivity index (χ2v) is 19.0. The normalized spacial score (nSPS) is 47.9. The van der Waals surface area contributed by atoms with Crippen molar-refractivity contribution in [3.63, 3.8) is 0 Å². The van der Waals surface area contributed by atoms with Crippen molar-refractivity contribution in [3.05, 3.63) is 0 Å². The number of ether oxygens (including phenoxy) is 6. The standard InChI is InChI=1S/C41H78N2O12/c1-17-29-41(13,49)33(45)26(6)42(14)21-22(2)19-39(11,48)35(55-37-31(44)28(18-23(3)51-37)43(15)38(8,9)10)24(4)32(25(5)36(47)53-29)54-30-20-40(12,50-16)34(46)27(7)52-30/h22-35,37,44-46,48-49H,17-21H2,1-16H3/t22-,23-,24+,25-,26-,27+,28+,29-,30+,31-,32+,33-,34+,35-,37+,39-,40-,41-/m1/s1. The van der Waals surface area contributed by atoms with Gasteiger partial charge >= 0.3 is 5.97 Å². The largest absolute Gasteiger partial charge is 0.459 e. The van der Waals surface area contributed by atoms with Crippen LogP contribution >= 0.6 is 0 Å². The summed E-state index contributed by atoms with van der Waals surface area (Å²) in [5, 5.41) is 58.8. The van der Waals surface area contributed by atoms with Crippen molar-refractivity contribution < 1.29 is 58.7 Å². The van der Waals surface area contributed by atoms with Crippen LogP contribution in [0, 0.1) is 17.8 Å². The molecule has 0 bridgehead atoms. The quantitative estimate of drug-likeness (QED) is 0.238. The molecule has 3 fully saturated rings. The highest BCUT2D eigenvalue weighted by atomic mass is 16.7. The van der Waals surface area contributed by atoms with E-state index in [1.54, 1.807) is 41.5 Å². The first-order chi connectivity index (χ1) is 25.1. The number of carbonyl (C=O) groups is 1. The molecule has 0 aliphatic carbocycles. The van der Waals surface area contributed by atoms with Crippen LogP contribution in [0.3, 0.4) is 0 Å². The summed E-state index contributed by atoms with van der Waals surface area (Å²) in [6.07, 6.45) is -8.36. The van der Waals surface area contributed by atoms with Gasteiger partial charge in [0.25, 0.3) is 0 Å². The molecule has 55 heavy (non-hydrogen) atoms. The van der Waals surface area contributed by atoms with Gasteiger partial charge in [0, 0.05) is 43.6 Å². The minimum Gasteiger partial charge on any atom is -0.459 e. The number of hydrogen-bond donors (Lipinski definition) is 5. The molecule has 324 valence electrons. The van der Waals surface area contributed by atoms with Gasteiger partial charge in [0.15, 0.2) is 12.6 Å². The van der Waals surface area contributed by atoms with Crippen LogP contribution in [0.2, 0.25) is 0 Å². The van der Waals surface area contributed by atoms with E-state index in [0.717, 1.165) is 0 Å². The summed E-state index contributed by atoms with van der Waals surface area (Å²) in [5.41, 5.74) is -4.67. The molecule has 3 rings (SSSR count). The van der Waals surface area contributed by atoms with E-state index in [9.17, 15) is 30.3 Å². The van der Waals surface area contributed by atoms with Crippen LogP contribution in [-0.2, 0) is 33.2 Å². The summed E-state index contributed by atoms with van der Waals surface area (Å²) in [4.78, 5) is 18.3. The molecule has 0 unspecified atom stereocenters. The number of hydrogen-bond acceptors (Lipinski definition) is 14. The zero-order valence-corrected chi connectivity index (χ0v) is 36.7. The molecule has 3 aliphatic rings. The number of likely N-dealkylation sites (N-methyl/N-ethyl adjacent to an activating group) is 2. The molecule has 14 nitrogen and oxygen atoms in total. The van der Waals surface area contributed by atoms with Gasteiger partial charge in [-0.2, -0.15) is 0 Å². The Morgan fingerprint density at radius 1 is 0.945 bits per heavy atom. The first-order valence-corrected chi connectivity index (χ1v) is 20.4.